The summed E-state index contributed by atoms with van der Waals surface area (Å²) in [5.41, 5.74) is 6.71. The van der Waals surface area contributed by atoms with Gasteiger partial charge in [0.25, 0.3) is 0 Å². The molecule has 2 rings (SSSR count). The van der Waals surface area contributed by atoms with E-state index in [0.717, 1.165) is 15.8 Å². The highest BCUT2D eigenvalue weighted by Gasteiger charge is 2.23. The van der Waals surface area contributed by atoms with Crippen molar-refractivity contribution >= 4 is 27.3 Å². The molecular weight excluding hydrogens is 341 g/mol. The van der Waals surface area contributed by atoms with Crippen LogP contribution in [0.25, 0.3) is 0 Å². The minimum atomic E-state index is -0.340. The summed E-state index contributed by atoms with van der Waals surface area (Å²) in [4.78, 5) is 0.993. The van der Waals surface area contributed by atoms with Crippen molar-refractivity contribution in [2.24, 2.45) is 5.73 Å². The average Bonchev–Trinajstić information content (AvgIpc) is 2.86. The van der Waals surface area contributed by atoms with Gasteiger partial charge in [0.05, 0.1) is 0 Å². The summed E-state index contributed by atoms with van der Waals surface area (Å²) >= 11 is 4.98. The molecule has 2 aromatic rings. The maximum atomic E-state index is 14.1. The number of hydrogen-bond donors (Lipinski definition) is 1. The number of thiophene rings is 1. The van der Waals surface area contributed by atoms with E-state index in [2.05, 4.69) is 15.9 Å². The molecule has 2 unspecified atom stereocenters. The zero-order valence-corrected chi connectivity index (χ0v) is 13.8. The van der Waals surface area contributed by atoms with Gasteiger partial charge in [0.1, 0.15) is 6.10 Å². The average molecular weight is 358 g/mol. The number of rotatable bonds is 5. The highest BCUT2D eigenvalue weighted by atomic mass is 79.9. The van der Waals surface area contributed by atoms with Gasteiger partial charge in [-0.1, -0.05) is 19.1 Å². The molecule has 2 nitrogen and oxygen atoms in total. The summed E-state index contributed by atoms with van der Waals surface area (Å²) in [6.07, 6.45) is 0.417. The fraction of sp³-hybridized carbons (Fsp3) is 0.333. The third-order valence-corrected chi connectivity index (χ3v) is 4.89. The molecule has 0 fully saturated rings. The summed E-state index contributed by atoms with van der Waals surface area (Å²) < 4.78 is 20.9. The minimum absolute atomic E-state index is 0.180. The second-order valence-electron chi connectivity index (χ2n) is 4.66. The van der Waals surface area contributed by atoms with Crippen LogP contribution in [-0.2, 0) is 0 Å². The van der Waals surface area contributed by atoms with E-state index in [0.29, 0.717) is 5.56 Å². The minimum Gasteiger partial charge on any atom is -0.480 e. The molecule has 0 bridgehead atoms. The van der Waals surface area contributed by atoms with E-state index in [-0.39, 0.29) is 23.7 Å². The van der Waals surface area contributed by atoms with Crippen LogP contribution >= 0.6 is 27.3 Å². The molecule has 0 radical (unpaired) electrons. The number of halogens is 2. The Bertz CT molecular complexity index is 587. The number of ether oxygens (including phenoxy) is 1. The van der Waals surface area contributed by atoms with Gasteiger partial charge in [0, 0.05) is 20.8 Å². The number of benzene rings is 1. The first-order valence-electron chi connectivity index (χ1n) is 6.44. The van der Waals surface area contributed by atoms with E-state index in [1.807, 2.05) is 18.4 Å². The molecule has 5 heteroatoms. The van der Waals surface area contributed by atoms with Gasteiger partial charge < -0.3 is 10.5 Å². The van der Waals surface area contributed by atoms with Crippen LogP contribution in [0, 0.1) is 12.7 Å². The van der Waals surface area contributed by atoms with Gasteiger partial charge in [-0.15, -0.1) is 11.3 Å². The maximum Gasteiger partial charge on any atom is 0.167 e. The van der Waals surface area contributed by atoms with Crippen LogP contribution in [0.1, 0.15) is 29.9 Å². The van der Waals surface area contributed by atoms with Crippen LogP contribution in [0.2, 0.25) is 0 Å². The number of aryl methyl sites for hydroxylation is 1. The summed E-state index contributed by atoms with van der Waals surface area (Å²) in [6.45, 7) is 3.72. The molecule has 0 amide bonds. The van der Waals surface area contributed by atoms with Gasteiger partial charge >= 0.3 is 0 Å². The molecule has 0 saturated heterocycles. The normalized spacial score (nSPS) is 14.1. The standard InChI is InChI=1S/C15H17BrFNOS/c1-3-11(18)15(13-7-10(16)8-20-13)19-12-6-4-5-9(2)14(12)17/h4-8,11,15H,3,18H2,1-2H3. The first-order chi connectivity index (χ1) is 9.52. The summed E-state index contributed by atoms with van der Waals surface area (Å²) in [5, 5.41) is 1.97. The molecule has 20 heavy (non-hydrogen) atoms. The van der Waals surface area contributed by atoms with Crippen molar-refractivity contribution in [1.82, 2.24) is 0 Å². The molecule has 0 aliphatic heterocycles. The van der Waals surface area contributed by atoms with E-state index in [1.54, 1.807) is 36.5 Å². The SMILES string of the molecule is CCC(N)C(Oc1cccc(C)c1F)c1cc(Br)cs1. The molecule has 0 aliphatic rings. The first-order valence-corrected chi connectivity index (χ1v) is 8.11. The predicted octanol–water partition coefficient (Wildman–Crippen LogP) is 4.82. The van der Waals surface area contributed by atoms with Gasteiger partial charge in [-0.2, -0.15) is 0 Å². The lowest BCUT2D eigenvalue weighted by Gasteiger charge is -2.23. The molecule has 108 valence electrons. The molecule has 2 N–H and O–H groups in total. The van der Waals surface area contributed by atoms with Gasteiger partial charge in [-0.25, -0.2) is 4.39 Å². The Hall–Kier alpha value is -0.910. The van der Waals surface area contributed by atoms with Crippen molar-refractivity contribution in [1.29, 1.82) is 0 Å². The molecule has 2 atom stereocenters. The van der Waals surface area contributed by atoms with E-state index < -0.39 is 0 Å². The third-order valence-electron chi connectivity index (χ3n) is 3.14. The molecule has 1 aromatic carbocycles. The Morgan fingerprint density at radius 1 is 1.45 bits per heavy atom. The van der Waals surface area contributed by atoms with Crippen molar-refractivity contribution < 1.29 is 9.13 Å². The number of hydrogen-bond acceptors (Lipinski definition) is 3. The largest absolute Gasteiger partial charge is 0.480 e. The van der Waals surface area contributed by atoms with Crippen LogP contribution in [0.3, 0.4) is 0 Å². The van der Waals surface area contributed by atoms with Crippen LogP contribution < -0.4 is 10.5 Å². The van der Waals surface area contributed by atoms with Gasteiger partial charge in [-0.3, -0.25) is 0 Å². The topological polar surface area (TPSA) is 35.2 Å². The fourth-order valence-corrected chi connectivity index (χ4v) is 3.44. The Labute approximate surface area is 130 Å². The molecular formula is C15H17BrFNOS. The van der Waals surface area contributed by atoms with Gasteiger partial charge in [0.15, 0.2) is 11.6 Å². The summed E-state index contributed by atoms with van der Waals surface area (Å²) in [6, 6.07) is 6.94. The lowest BCUT2D eigenvalue weighted by atomic mass is 10.1. The van der Waals surface area contributed by atoms with Gasteiger partial charge in [0.2, 0.25) is 0 Å². The molecule has 0 saturated carbocycles. The number of nitrogens with two attached hydrogens (primary N) is 1. The van der Waals surface area contributed by atoms with Crippen molar-refractivity contribution in [2.75, 3.05) is 0 Å². The van der Waals surface area contributed by atoms with Crippen LogP contribution in [0.15, 0.2) is 34.1 Å². The monoisotopic (exact) mass is 357 g/mol. The first kappa shape index (κ1) is 15.5. The third kappa shape index (κ3) is 3.40. The lowest BCUT2D eigenvalue weighted by molar-refractivity contribution is 0.167. The Morgan fingerprint density at radius 3 is 2.80 bits per heavy atom. The Kier molecular flexibility index (Phi) is 5.18. The highest BCUT2D eigenvalue weighted by molar-refractivity contribution is 9.10. The van der Waals surface area contributed by atoms with Crippen molar-refractivity contribution in [3.63, 3.8) is 0 Å². The zero-order chi connectivity index (χ0) is 14.7. The molecule has 1 aromatic heterocycles. The second kappa shape index (κ2) is 6.70. The van der Waals surface area contributed by atoms with E-state index >= 15 is 0 Å². The van der Waals surface area contributed by atoms with Crippen LogP contribution in [0.4, 0.5) is 4.39 Å². The predicted molar refractivity (Wildman–Crippen MR) is 84.8 cm³/mol. The zero-order valence-electron chi connectivity index (χ0n) is 11.4. The van der Waals surface area contributed by atoms with E-state index in [1.165, 1.54) is 0 Å². The molecule has 1 heterocycles. The van der Waals surface area contributed by atoms with Crippen LogP contribution in [0.5, 0.6) is 5.75 Å². The van der Waals surface area contributed by atoms with Crippen LogP contribution in [-0.4, -0.2) is 6.04 Å². The van der Waals surface area contributed by atoms with E-state index in [4.69, 9.17) is 10.5 Å². The second-order valence-corrected chi connectivity index (χ2v) is 6.52. The lowest BCUT2D eigenvalue weighted by Crippen LogP contribution is -2.31. The summed E-state index contributed by atoms with van der Waals surface area (Å²) in [7, 11) is 0. The maximum absolute atomic E-state index is 14.1. The van der Waals surface area contributed by atoms with E-state index in [9.17, 15) is 4.39 Å². The molecule has 0 spiro atoms. The quantitative estimate of drug-likeness (QED) is 0.832. The van der Waals surface area contributed by atoms with Crippen molar-refractivity contribution in [2.45, 2.75) is 32.4 Å². The Morgan fingerprint density at radius 2 is 2.20 bits per heavy atom. The molecule has 0 aliphatic carbocycles. The highest BCUT2D eigenvalue weighted by Crippen LogP contribution is 2.33. The fourth-order valence-electron chi connectivity index (χ4n) is 1.90. The smallest absolute Gasteiger partial charge is 0.167 e. The Balaban J connectivity index is 2.31. The van der Waals surface area contributed by atoms with Gasteiger partial charge in [-0.05, 0) is 47.0 Å². The van der Waals surface area contributed by atoms with Crippen molar-refractivity contribution in [3.05, 3.63) is 50.4 Å². The van der Waals surface area contributed by atoms with Crippen molar-refractivity contribution in [3.8, 4) is 5.75 Å². The summed E-state index contributed by atoms with van der Waals surface area (Å²) in [5.74, 6) is -0.0696.